The first-order chi connectivity index (χ1) is 11.9. The number of nitrogens with one attached hydrogen (secondary N) is 3. The lowest BCUT2D eigenvalue weighted by Crippen LogP contribution is -2.61. The zero-order valence-electron chi connectivity index (χ0n) is 15.2. The van der Waals surface area contributed by atoms with Gasteiger partial charge in [0.15, 0.2) is 0 Å². The highest BCUT2D eigenvalue weighted by Crippen LogP contribution is 2.04. The molecule has 0 saturated carbocycles. The number of hydrogen-bond acceptors (Lipinski definition) is 7. The molecule has 3 amide bonds. The molecule has 0 fully saturated rings. The van der Waals surface area contributed by atoms with Gasteiger partial charge in [0.05, 0.1) is 18.8 Å². The van der Waals surface area contributed by atoms with Crippen LogP contribution in [0.15, 0.2) is 0 Å². The van der Waals surface area contributed by atoms with Gasteiger partial charge in [0.2, 0.25) is 17.7 Å². The lowest BCUT2D eigenvalue weighted by molar-refractivity contribution is -0.144. The number of amides is 3. The van der Waals surface area contributed by atoms with Crippen LogP contribution in [-0.4, -0.2) is 75.9 Å². The van der Waals surface area contributed by atoms with Crippen molar-refractivity contribution in [3.8, 4) is 0 Å². The van der Waals surface area contributed by atoms with Crippen molar-refractivity contribution in [3.05, 3.63) is 0 Å². The summed E-state index contributed by atoms with van der Waals surface area (Å²) in [7, 11) is 0. The van der Waals surface area contributed by atoms with E-state index in [1.807, 2.05) is 5.32 Å². The molecule has 0 aromatic heterocycles. The van der Waals surface area contributed by atoms with Gasteiger partial charge in [-0.2, -0.15) is 0 Å². The van der Waals surface area contributed by atoms with E-state index in [-0.39, 0.29) is 5.92 Å². The first kappa shape index (κ1) is 23.8. The molecule has 0 aromatic rings. The summed E-state index contributed by atoms with van der Waals surface area (Å²) in [6, 6.07) is -4.93. The van der Waals surface area contributed by atoms with Crippen molar-refractivity contribution >= 4 is 23.7 Å². The molecule has 0 radical (unpaired) electrons. The third kappa shape index (κ3) is 7.33. The van der Waals surface area contributed by atoms with Gasteiger partial charge in [-0.05, 0) is 19.8 Å². The van der Waals surface area contributed by atoms with E-state index in [0.29, 0.717) is 0 Å². The number of carboxylic acid groups (broad SMARTS) is 1. The van der Waals surface area contributed by atoms with Crippen LogP contribution in [0.1, 0.15) is 27.7 Å². The van der Waals surface area contributed by atoms with Crippen molar-refractivity contribution in [2.24, 2.45) is 11.7 Å². The number of aliphatic hydroxyl groups is 2. The van der Waals surface area contributed by atoms with Crippen LogP contribution >= 0.6 is 0 Å². The SMILES string of the molecule is CC(N)C(=O)NC(C(=O)NC(C(=O)NC(CO)C(=O)O)C(C)O)C(C)C. The molecule has 5 atom stereocenters. The van der Waals surface area contributed by atoms with Crippen molar-refractivity contribution in [1.82, 2.24) is 16.0 Å². The maximum Gasteiger partial charge on any atom is 0.328 e. The molecule has 150 valence electrons. The lowest BCUT2D eigenvalue weighted by atomic mass is 10.0. The summed E-state index contributed by atoms with van der Waals surface area (Å²) in [5, 5.41) is 34.3. The Hall–Kier alpha value is -2.24. The average Bonchev–Trinajstić information content (AvgIpc) is 2.53. The molecule has 0 rings (SSSR count). The molecule has 0 spiro atoms. The molecule has 5 unspecified atom stereocenters. The minimum Gasteiger partial charge on any atom is -0.480 e. The molecule has 0 aliphatic rings. The molecule has 8 N–H and O–H groups in total. The highest BCUT2D eigenvalue weighted by molar-refractivity contribution is 5.94. The van der Waals surface area contributed by atoms with Gasteiger partial charge in [-0.15, -0.1) is 0 Å². The Kier molecular flexibility index (Phi) is 9.76. The lowest BCUT2D eigenvalue weighted by Gasteiger charge is -2.27. The molecule has 11 nitrogen and oxygen atoms in total. The van der Waals surface area contributed by atoms with Gasteiger partial charge in [-0.3, -0.25) is 14.4 Å². The van der Waals surface area contributed by atoms with E-state index in [1.54, 1.807) is 13.8 Å². The molecule has 0 bridgehead atoms. The fourth-order valence-electron chi connectivity index (χ4n) is 1.91. The summed E-state index contributed by atoms with van der Waals surface area (Å²) in [4.78, 5) is 47.2. The predicted octanol–water partition coefficient (Wildman–Crippen LogP) is -3.10. The Balaban J connectivity index is 5.21. The third-order valence-electron chi connectivity index (χ3n) is 3.52. The second-order valence-corrected chi connectivity index (χ2v) is 6.33. The second-order valence-electron chi connectivity index (χ2n) is 6.33. The van der Waals surface area contributed by atoms with Gasteiger partial charge >= 0.3 is 5.97 Å². The van der Waals surface area contributed by atoms with Crippen LogP contribution in [0, 0.1) is 5.92 Å². The normalized spacial score (nSPS) is 16.8. The quantitative estimate of drug-likeness (QED) is 0.208. The highest BCUT2D eigenvalue weighted by atomic mass is 16.4. The Morgan fingerprint density at radius 2 is 1.35 bits per heavy atom. The zero-order chi connectivity index (χ0) is 20.6. The van der Waals surface area contributed by atoms with Crippen molar-refractivity contribution in [1.29, 1.82) is 0 Å². The summed E-state index contributed by atoms with van der Waals surface area (Å²) in [5.74, 6) is -4.12. The van der Waals surface area contributed by atoms with Gasteiger partial charge in [-0.1, -0.05) is 13.8 Å². The Morgan fingerprint density at radius 1 is 0.885 bits per heavy atom. The van der Waals surface area contributed by atoms with E-state index < -0.39 is 60.6 Å². The molecule has 11 heteroatoms. The highest BCUT2D eigenvalue weighted by Gasteiger charge is 2.33. The summed E-state index contributed by atoms with van der Waals surface area (Å²) >= 11 is 0. The number of carboxylic acids is 1. The molecule has 26 heavy (non-hydrogen) atoms. The summed E-state index contributed by atoms with van der Waals surface area (Å²) < 4.78 is 0. The van der Waals surface area contributed by atoms with Crippen molar-refractivity contribution < 1.29 is 34.5 Å². The smallest absolute Gasteiger partial charge is 0.328 e. The van der Waals surface area contributed by atoms with E-state index >= 15 is 0 Å². The molecule has 0 aliphatic carbocycles. The molecular formula is C15H28N4O7. The van der Waals surface area contributed by atoms with Crippen LogP contribution < -0.4 is 21.7 Å². The summed E-state index contributed by atoms with van der Waals surface area (Å²) in [6.07, 6.45) is -1.36. The Bertz CT molecular complexity index is 522. The number of carbonyl (C=O) groups excluding carboxylic acids is 3. The second kappa shape index (κ2) is 10.7. The van der Waals surface area contributed by atoms with Gasteiger partial charge < -0.3 is 37.0 Å². The van der Waals surface area contributed by atoms with E-state index in [9.17, 15) is 24.3 Å². The fourth-order valence-corrected chi connectivity index (χ4v) is 1.91. The molecule has 0 saturated heterocycles. The largest absolute Gasteiger partial charge is 0.480 e. The van der Waals surface area contributed by atoms with E-state index in [4.69, 9.17) is 15.9 Å². The zero-order valence-corrected chi connectivity index (χ0v) is 15.2. The summed E-state index contributed by atoms with van der Waals surface area (Å²) in [6.45, 7) is 5.13. The number of aliphatic carboxylic acids is 1. The molecular weight excluding hydrogens is 348 g/mol. The maximum atomic E-state index is 12.4. The standard InChI is InChI=1S/C15H28N4O7/c1-6(2)10(18-12(22)7(3)16)13(23)19-11(8(4)21)14(24)17-9(5-20)15(25)26/h6-11,20-21H,5,16H2,1-4H3,(H,17,24)(H,18,22)(H,19,23)(H,25,26). The Labute approximate surface area is 151 Å². The van der Waals surface area contributed by atoms with Gasteiger partial charge in [0, 0.05) is 0 Å². The van der Waals surface area contributed by atoms with Crippen LogP contribution in [0.5, 0.6) is 0 Å². The number of carbonyl (C=O) groups is 4. The van der Waals surface area contributed by atoms with Crippen LogP contribution in [0.3, 0.4) is 0 Å². The number of nitrogens with two attached hydrogens (primary N) is 1. The van der Waals surface area contributed by atoms with Crippen molar-refractivity contribution in [3.63, 3.8) is 0 Å². The minimum atomic E-state index is -1.58. The van der Waals surface area contributed by atoms with Crippen LogP contribution in [-0.2, 0) is 19.2 Å². The molecule has 0 heterocycles. The third-order valence-corrected chi connectivity index (χ3v) is 3.52. The van der Waals surface area contributed by atoms with E-state index in [2.05, 4.69) is 10.6 Å². The van der Waals surface area contributed by atoms with Crippen LogP contribution in [0.25, 0.3) is 0 Å². The number of aliphatic hydroxyl groups excluding tert-OH is 2. The van der Waals surface area contributed by atoms with Crippen LogP contribution in [0.2, 0.25) is 0 Å². The van der Waals surface area contributed by atoms with Crippen molar-refractivity contribution in [2.75, 3.05) is 6.61 Å². The molecule has 0 aromatic carbocycles. The van der Waals surface area contributed by atoms with E-state index in [0.717, 1.165) is 0 Å². The van der Waals surface area contributed by atoms with Crippen molar-refractivity contribution in [2.45, 2.75) is 58.0 Å². The van der Waals surface area contributed by atoms with E-state index in [1.165, 1.54) is 13.8 Å². The monoisotopic (exact) mass is 376 g/mol. The predicted molar refractivity (Wildman–Crippen MR) is 90.7 cm³/mol. The first-order valence-electron chi connectivity index (χ1n) is 8.10. The summed E-state index contributed by atoms with van der Waals surface area (Å²) in [5.41, 5.74) is 5.45. The maximum absolute atomic E-state index is 12.4. The van der Waals surface area contributed by atoms with Crippen LogP contribution in [0.4, 0.5) is 0 Å². The minimum absolute atomic E-state index is 0.348. The number of hydrogen-bond donors (Lipinski definition) is 7. The topological polar surface area (TPSA) is 191 Å². The van der Waals surface area contributed by atoms with Gasteiger partial charge in [0.1, 0.15) is 18.1 Å². The average molecular weight is 376 g/mol. The first-order valence-corrected chi connectivity index (χ1v) is 8.10. The fraction of sp³-hybridized carbons (Fsp3) is 0.733. The Morgan fingerprint density at radius 3 is 1.69 bits per heavy atom. The van der Waals surface area contributed by atoms with Gasteiger partial charge in [-0.25, -0.2) is 4.79 Å². The van der Waals surface area contributed by atoms with Gasteiger partial charge in [0.25, 0.3) is 0 Å². The molecule has 0 aliphatic heterocycles. The number of rotatable bonds is 10.